The molecule has 2 rings (SSSR count). The van der Waals surface area contributed by atoms with E-state index in [1.807, 2.05) is 30.1 Å². The van der Waals surface area contributed by atoms with Gasteiger partial charge in [-0.1, -0.05) is 16.8 Å². The summed E-state index contributed by atoms with van der Waals surface area (Å²) < 4.78 is 0. The van der Waals surface area contributed by atoms with Crippen molar-refractivity contribution in [3.63, 3.8) is 0 Å². The van der Waals surface area contributed by atoms with Crippen molar-refractivity contribution in [2.24, 2.45) is 10.9 Å². The van der Waals surface area contributed by atoms with Crippen molar-refractivity contribution >= 4 is 28.9 Å². The van der Waals surface area contributed by atoms with Crippen LogP contribution in [-0.4, -0.2) is 23.1 Å². The highest BCUT2D eigenvalue weighted by Gasteiger charge is 2.06. The van der Waals surface area contributed by atoms with Crippen LogP contribution in [0.2, 0.25) is 5.02 Å². The minimum absolute atomic E-state index is 0.0822. The molecule has 5 nitrogen and oxygen atoms in total. The second-order valence-corrected chi connectivity index (χ2v) is 4.36. The van der Waals surface area contributed by atoms with E-state index in [-0.39, 0.29) is 5.84 Å². The Bertz CT molecular complexity index is 581. The summed E-state index contributed by atoms with van der Waals surface area (Å²) in [4.78, 5) is 6.14. The van der Waals surface area contributed by atoms with Crippen molar-refractivity contribution in [2.75, 3.05) is 11.9 Å². The second-order valence-electron chi connectivity index (χ2n) is 3.93. The lowest BCUT2D eigenvalue weighted by Gasteiger charge is -2.18. The molecular weight excluding hydrogens is 264 g/mol. The molecule has 0 saturated carbocycles. The zero-order valence-corrected chi connectivity index (χ0v) is 11.0. The fraction of sp³-hybridized carbons (Fsp3) is 0.0769. The minimum Gasteiger partial charge on any atom is -0.409 e. The molecule has 0 bridgehead atoms. The van der Waals surface area contributed by atoms with Gasteiger partial charge in [0.1, 0.15) is 5.82 Å². The van der Waals surface area contributed by atoms with Gasteiger partial charge in [-0.2, -0.15) is 0 Å². The van der Waals surface area contributed by atoms with E-state index < -0.39 is 0 Å². The normalized spacial score (nSPS) is 11.4. The van der Waals surface area contributed by atoms with Gasteiger partial charge in [-0.15, -0.1) is 0 Å². The molecule has 1 aromatic carbocycles. The second kappa shape index (κ2) is 5.58. The highest BCUT2D eigenvalue weighted by molar-refractivity contribution is 6.30. The van der Waals surface area contributed by atoms with Crippen molar-refractivity contribution in [3.05, 3.63) is 53.2 Å². The van der Waals surface area contributed by atoms with E-state index in [1.54, 1.807) is 24.4 Å². The summed E-state index contributed by atoms with van der Waals surface area (Å²) >= 11 is 5.80. The Labute approximate surface area is 115 Å². The molecule has 0 aliphatic heterocycles. The van der Waals surface area contributed by atoms with E-state index in [9.17, 15) is 0 Å². The van der Waals surface area contributed by atoms with Crippen LogP contribution in [-0.2, 0) is 0 Å². The molecule has 0 radical (unpaired) electrons. The molecule has 98 valence electrons. The third-order valence-electron chi connectivity index (χ3n) is 2.71. The van der Waals surface area contributed by atoms with Crippen LogP contribution < -0.4 is 10.6 Å². The van der Waals surface area contributed by atoms with Crippen LogP contribution in [0.3, 0.4) is 0 Å². The van der Waals surface area contributed by atoms with Crippen molar-refractivity contribution < 1.29 is 5.21 Å². The maximum atomic E-state index is 8.60. The summed E-state index contributed by atoms with van der Waals surface area (Å²) in [5, 5.41) is 12.2. The molecule has 3 N–H and O–H groups in total. The molecule has 2 aromatic rings. The number of hydrogen-bond acceptors (Lipinski definition) is 4. The van der Waals surface area contributed by atoms with E-state index >= 15 is 0 Å². The number of halogens is 1. The summed E-state index contributed by atoms with van der Waals surface area (Å²) in [5.74, 6) is 0.861. The summed E-state index contributed by atoms with van der Waals surface area (Å²) in [7, 11) is 1.90. The van der Waals surface area contributed by atoms with Crippen LogP contribution in [0.5, 0.6) is 0 Å². The maximum Gasteiger partial charge on any atom is 0.170 e. The Kier molecular flexibility index (Phi) is 3.87. The summed E-state index contributed by atoms with van der Waals surface area (Å²) in [6, 6.07) is 10.9. The monoisotopic (exact) mass is 276 g/mol. The van der Waals surface area contributed by atoms with Gasteiger partial charge in [0.05, 0.1) is 5.02 Å². The maximum absolute atomic E-state index is 8.60. The van der Waals surface area contributed by atoms with Crippen molar-refractivity contribution in [3.8, 4) is 0 Å². The van der Waals surface area contributed by atoms with Gasteiger partial charge in [-0.05, 0) is 36.4 Å². The highest BCUT2D eigenvalue weighted by atomic mass is 35.5. The number of amidine groups is 1. The van der Waals surface area contributed by atoms with Crippen molar-refractivity contribution in [1.29, 1.82) is 0 Å². The first-order valence-electron chi connectivity index (χ1n) is 5.55. The summed E-state index contributed by atoms with van der Waals surface area (Å²) in [5.41, 5.74) is 7.10. The van der Waals surface area contributed by atoms with Crippen LogP contribution in [0.25, 0.3) is 0 Å². The lowest BCUT2D eigenvalue weighted by Crippen LogP contribution is -2.14. The van der Waals surface area contributed by atoms with Crippen LogP contribution >= 0.6 is 11.6 Å². The first kappa shape index (κ1) is 13.2. The SMILES string of the molecule is CN(c1ccc(/C(N)=N/O)cc1)c1ccc(Cl)cn1. The molecule has 19 heavy (non-hydrogen) atoms. The number of anilines is 2. The molecular formula is C13H13ClN4O. The predicted octanol–water partition coefficient (Wildman–Crippen LogP) is 2.60. The first-order chi connectivity index (χ1) is 9.11. The average molecular weight is 277 g/mol. The zero-order chi connectivity index (χ0) is 13.8. The topological polar surface area (TPSA) is 74.7 Å². The summed E-state index contributed by atoms with van der Waals surface area (Å²) in [6.45, 7) is 0. The quantitative estimate of drug-likeness (QED) is 0.391. The molecule has 0 aliphatic carbocycles. The van der Waals surface area contributed by atoms with Gasteiger partial charge in [-0.3, -0.25) is 0 Å². The summed E-state index contributed by atoms with van der Waals surface area (Å²) in [6.07, 6.45) is 1.60. The lowest BCUT2D eigenvalue weighted by molar-refractivity contribution is 0.318. The molecule has 0 saturated heterocycles. The molecule has 0 amide bonds. The molecule has 0 aliphatic rings. The number of aromatic nitrogens is 1. The number of oxime groups is 1. The number of benzene rings is 1. The standard InChI is InChI=1S/C13H13ClN4O/c1-18(12-7-4-10(14)8-16-12)11-5-2-9(3-6-11)13(15)17-19/h2-8,19H,1H3,(H2,15,17). The van der Waals surface area contributed by atoms with Gasteiger partial charge < -0.3 is 15.8 Å². The van der Waals surface area contributed by atoms with E-state index in [0.717, 1.165) is 11.5 Å². The number of rotatable bonds is 3. The molecule has 6 heteroatoms. The minimum atomic E-state index is 0.0822. The average Bonchev–Trinajstić information content (AvgIpc) is 2.46. The third kappa shape index (κ3) is 2.95. The first-order valence-corrected chi connectivity index (χ1v) is 5.93. The predicted molar refractivity (Wildman–Crippen MR) is 76.3 cm³/mol. The molecule has 0 fully saturated rings. The smallest absolute Gasteiger partial charge is 0.170 e. The van der Waals surface area contributed by atoms with Gasteiger partial charge in [-0.25, -0.2) is 4.98 Å². The van der Waals surface area contributed by atoms with Crippen LogP contribution in [0.15, 0.2) is 47.8 Å². The van der Waals surface area contributed by atoms with Gasteiger partial charge in [0.15, 0.2) is 5.84 Å². The Morgan fingerprint density at radius 1 is 1.26 bits per heavy atom. The highest BCUT2D eigenvalue weighted by Crippen LogP contribution is 2.22. The Hall–Kier alpha value is -2.27. The van der Waals surface area contributed by atoms with E-state index in [0.29, 0.717) is 10.6 Å². The lowest BCUT2D eigenvalue weighted by atomic mass is 10.2. The van der Waals surface area contributed by atoms with Gasteiger partial charge in [0.25, 0.3) is 0 Å². The van der Waals surface area contributed by atoms with Crippen molar-refractivity contribution in [1.82, 2.24) is 4.98 Å². The van der Waals surface area contributed by atoms with Gasteiger partial charge >= 0.3 is 0 Å². The zero-order valence-electron chi connectivity index (χ0n) is 10.3. The van der Waals surface area contributed by atoms with Crippen LogP contribution in [0.4, 0.5) is 11.5 Å². The number of hydrogen-bond donors (Lipinski definition) is 2. The molecule has 0 atom stereocenters. The third-order valence-corrected chi connectivity index (χ3v) is 2.94. The fourth-order valence-corrected chi connectivity index (χ4v) is 1.72. The largest absolute Gasteiger partial charge is 0.409 e. The Morgan fingerprint density at radius 3 is 2.47 bits per heavy atom. The van der Waals surface area contributed by atoms with E-state index in [2.05, 4.69) is 10.1 Å². The van der Waals surface area contributed by atoms with Gasteiger partial charge in [0, 0.05) is 24.5 Å². The van der Waals surface area contributed by atoms with E-state index in [4.69, 9.17) is 22.5 Å². The number of nitrogens with two attached hydrogens (primary N) is 1. The Balaban J connectivity index is 2.24. The van der Waals surface area contributed by atoms with Crippen LogP contribution in [0, 0.1) is 0 Å². The number of pyridine rings is 1. The molecule has 0 spiro atoms. The Morgan fingerprint density at radius 2 is 1.95 bits per heavy atom. The molecule has 0 unspecified atom stereocenters. The van der Waals surface area contributed by atoms with Crippen LogP contribution in [0.1, 0.15) is 5.56 Å². The molecule has 1 aromatic heterocycles. The number of nitrogens with zero attached hydrogens (tertiary/aromatic N) is 3. The van der Waals surface area contributed by atoms with E-state index in [1.165, 1.54) is 0 Å². The molecule has 1 heterocycles. The fourth-order valence-electron chi connectivity index (χ4n) is 1.61. The van der Waals surface area contributed by atoms with Crippen molar-refractivity contribution in [2.45, 2.75) is 0 Å². The van der Waals surface area contributed by atoms with Gasteiger partial charge in [0.2, 0.25) is 0 Å².